The van der Waals surface area contributed by atoms with E-state index in [-0.39, 0.29) is 0 Å². The molecule has 0 amide bonds. The predicted octanol–water partition coefficient (Wildman–Crippen LogP) is 5.56. The summed E-state index contributed by atoms with van der Waals surface area (Å²) in [6.45, 7) is 7.11. The van der Waals surface area contributed by atoms with E-state index in [0.717, 1.165) is 54.6 Å². The van der Waals surface area contributed by atoms with Crippen molar-refractivity contribution in [3.63, 3.8) is 0 Å². The maximum atomic E-state index is 6.08. The third-order valence-corrected chi connectivity index (χ3v) is 4.90. The van der Waals surface area contributed by atoms with E-state index < -0.39 is 0 Å². The number of anilines is 1. The number of aryl methyl sites for hydroxylation is 1. The third-order valence-electron chi connectivity index (χ3n) is 4.32. The summed E-state index contributed by atoms with van der Waals surface area (Å²) < 4.78 is 0. The van der Waals surface area contributed by atoms with Crippen molar-refractivity contribution in [1.82, 2.24) is 9.88 Å². The van der Waals surface area contributed by atoms with Crippen LogP contribution in [0.5, 0.6) is 0 Å². The molecule has 1 aromatic heterocycles. The van der Waals surface area contributed by atoms with Gasteiger partial charge in [0, 0.05) is 53.2 Å². The fourth-order valence-electron chi connectivity index (χ4n) is 2.97. The van der Waals surface area contributed by atoms with E-state index in [9.17, 15) is 0 Å². The molecule has 25 heavy (non-hydrogen) atoms. The summed E-state index contributed by atoms with van der Waals surface area (Å²) in [6.07, 6.45) is 4.09. The number of pyridine rings is 1. The molecule has 0 saturated heterocycles. The van der Waals surface area contributed by atoms with Crippen LogP contribution in [0, 0.1) is 6.92 Å². The Hall–Kier alpha value is -0.740. The summed E-state index contributed by atoms with van der Waals surface area (Å²) in [5.74, 6) is 1.30. The molecule has 6 heteroatoms. The molecule has 0 radical (unpaired) electrons. The van der Waals surface area contributed by atoms with Crippen LogP contribution < -0.4 is 5.32 Å². The SMILES string of the molecule is Cc1cnc2cc(Cl)ccc2c1NC(C)CCCN(CCCl)CCCl. The number of hydrogen-bond donors (Lipinski definition) is 1. The van der Waals surface area contributed by atoms with Crippen molar-refractivity contribution < 1.29 is 0 Å². The van der Waals surface area contributed by atoms with Crippen LogP contribution >= 0.6 is 34.8 Å². The summed E-state index contributed by atoms with van der Waals surface area (Å²) in [7, 11) is 0. The number of benzene rings is 1. The van der Waals surface area contributed by atoms with Gasteiger partial charge in [-0.3, -0.25) is 4.98 Å². The van der Waals surface area contributed by atoms with Crippen molar-refractivity contribution in [2.24, 2.45) is 0 Å². The zero-order chi connectivity index (χ0) is 18.2. The second kappa shape index (κ2) is 10.4. The Labute approximate surface area is 165 Å². The highest BCUT2D eigenvalue weighted by Crippen LogP contribution is 2.28. The van der Waals surface area contributed by atoms with Crippen molar-refractivity contribution in [1.29, 1.82) is 0 Å². The van der Waals surface area contributed by atoms with Crippen molar-refractivity contribution in [2.45, 2.75) is 32.7 Å². The number of rotatable bonds is 10. The molecule has 1 unspecified atom stereocenters. The zero-order valence-corrected chi connectivity index (χ0v) is 17.1. The molecule has 1 heterocycles. The minimum Gasteiger partial charge on any atom is -0.382 e. The number of nitrogens with one attached hydrogen (secondary N) is 1. The van der Waals surface area contributed by atoms with E-state index in [0.29, 0.717) is 22.8 Å². The smallest absolute Gasteiger partial charge is 0.0737 e. The first-order valence-corrected chi connectivity index (χ1v) is 10.2. The van der Waals surface area contributed by atoms with Crippen LogP contribution in [0.3, 0.4) is 0 Å². The van der Waals surface area contributed by atoms with Gasteiger partial charge in [-0.05, 0) is 57.0 Å². The van der Waals surface area contributed by atoms with E-state index in [1.165, 1.54) is 0 Å². The Balaban J connectivity index is 1.97. The van der Waals surface area contributed by atoms with Crippen LogP contribution in [-0.2, 0) is 0 Å². The second-order valence-electron chi connectivity index (χ2n) is 6.38. The lowest BCUT2D eigenvalue weighted by Crippen LogP contribution is -2.30. The minimum atomic E-state index is 0.369. The van der Waals surface area contributed by atoms with Gasteiger partial charge in [0.1, 0.15) is 0 Å². The molecule has 2 rings (SSSR count). The van der Waals surface area contributed by atoms with Gasteiger partial charge in [-0.15, -0.1) is 23.2 Å². The lowest BCUT2D eigenvalue weighted by Gasteiger charge is -2.22. The van der Waals surface area contributed by atoms with Gasteiger partial charge in [0.15, 0.2) is 0 Å². The predicted molar refractivity (Wildman–Crippen MR) is 112 cm³/mol. The first kappa shape index (κ1) is 20.6. The van der Waals surface area contributed by atoms with Gasteiger partial charge in [-0.1, -0.05) is 11.6 Å². The van der Waals surface area contributed by atoms with Gasteiger partial charge in [0.25, 0.3) is 0 Å². The topological polar surface area (TPSA) is 28.2 Å². The van der Waals surface area contributed by atoms with E-state index in [1.54, 1.807) is 0 Å². The number of fused-ring (bicyclic) bond motifs is 1. The molecule has 0 aliphatic rings. The molecule has 1 aromatic carbocycles. The Morgan fingerprint density at radius 2 is 1.88 bits per heavy atom. The molecule has 0 fully saturated rings. The molecule has 0 bridgehead atoms. The number of alkyl halides is 2. The zero-order valence-electron chi connectivity index (χ0n) is 14.9. The van der Waals surface area contributed by atoms with Gasteiger partial charge in [-0.25, -0.2) is 0 Å². The van der Waals surface area contributed by atoms with Gasteiger partial charge in [-0.2, -0.15) is 0 Å². The number of halogens is 3. The Morgan fingerprint density at radius 1 is 1.16 bits per heavy atom. The highest BCUT2D eigenvalue weighted by molar-refractivity contribution is 6.31. The molecule has 0 saturated carbocycles. The molecule has 0 aliphatic heterocycles. The number of nitrogens with zero attached hydrogens (tertiary/aromatic N) is 2. The molecule has 1 atom stereocenters. The van der Waals surface area contributed by atoms with Crippen molar-refractivity contribution >= 4 is 51.4 Å². The quantitative estimate of drug-likeness (QED) is 0.527. The summed E-state index contributed by atoms with van der Waals surface area (Å²) in [5, 5.41) is 5.48. The Kier molecular flexibility index (Phi) is 8.57. The molecule has 0 spiro atoms. The Morgan fingerprint density at radius 3 is 2.56 bits per heavy atom. The standard InChI is InChI=1S/C19H26Cl3N3/c1-14-13-23-18-12-16(22)5-6-17(18)19(14)24-15(2)4-3-9-25(10-7-20)11-8-21/h5-6,12-13,15H,3-4,7-11H2,1-2H3,(H,23,24). The van der Waals surface area contributed by atoms with Crippen LogP contribution in [0.1, 0.15) is 25.3 Å². The second-order valence-corrected chi connectivity index (χ2v) is 7.58. The normalized spacial score (nSPS) is 12.7. The largest absolute Gasteiger partial charge is 0.382 e. The highest BCUT2D eigenvalue weighted by Gasteiger charge is 2.11. The molecule has 3 nitrogen and oxygen atoms in total. The highest BCUT2D eigenvalue weighted by atomic mass is 35.5. The monoisotopic (exact) mass is 401 g/mol. The summed E-state index contributed by atoms with van der Waals surface area (Å²) >= 11 is 17.8. The van der Waals surface area contributed by atoms with E-state index in [4.69, 9.17) is 34.8 Å². The Bertz CT molecular complexity index is 672. The third kappa shape index (κ3) is 6.18. The van der Waals surface area contributed by atoms with Crippen molar-refractivity contribution in [3.05, 3.63) is 35.0 Å². The molecular formula is C19H26Cl3N3. The average Bonchev–Trinajstić information content (AvgIpc) is 2.58. The molecule has 2 aromatic rings. The fraction of sp³-hybridized carbons (Fsp3) is 0.526. The maximum absolute atomic E-state index is 6.08. The number of aromatic nitrogens is 1. The van der Waals surface area contributed by atoms with Crippen LogP contribution in [0.2, 0.25) is 5.02 Å². The first-order valence-electron chi connectivity index (χ1n) is 8.70. The van der Waals surface area contributed by atoms with Crippen LogP contribution in [0.15, 0.2) is 24.4 Å². The van der Waals surface area contributed by atoms with Crippen LogP contribution in [0.4, 0.5) is 5.69 Å². The first-order chi connectivity index (χ1) is 12.0. The molecule has 1 N–H and O–H groups in total. The van der Waals surface area contributed by atoms with E-state index in [1.807, 2.05) is 24.4 Å². The van der Waals surface area contributed by atoms with Gasteiger partial charge in [0.2, 0.25) is 0 Å². The maximum Gasteiger partial charge on any atom is 0.0737 e. The summed E-state index contributed by atoms with van der Waals surface area (Å²) in [4.78, 5) is 6.80. The van der Waals surface area contributed by atoms with E-state index >= 15 is 0 Å². The van der Waals surface area contributed by atoms with Gasteiger partial charge >= 0.3 is 0 Å². The number of hydrogen-bond acceptors (Lipinski definition) is 3. The lowest BCUT2D eigenvalue weighted by molar-refractivity contribution is 0.298. The summed E-state index contributed by atoms with van der Waals surface area (Å²) in [6, 6.07) is 6.23. The van der Waals surface area contributed by atoms with Crippen LogP contribution in [-0.4, -0.2) is 47.3 Å². The summed E-state index contributed by atoms with van der Waals surface area (Å²) in [5.41, 5.74) is 3.21. The van der Waals surface area contributed by atoms with Crippen LogP contribution in [0.25, 0.3) is 10.9 Å². The van der Waals surface area contributed by atoms with Crippen molar-refractivity contribution in [3.8, 4) is 0 Å². The molecule has 0 aliphatic carbocycles. The van der Waals surface area contributed by atoms with Crippen molar-refractivity contribution in [2.75, 3.05) is 36.7 Å². The average molecular weight is 403 g/mol. The van der Waals surface area contributed by atoms with Gasteiger partial charge in [0.05, 0.1) is 5.52 Å². The van der Waals surface area contributed by atoms with E-state index in [2.05, 4.69) is 29.0 Å². The fourth-order valence-corrected chi connectivity index (χ4v) is 3.62. The molecule has 138 valence electrons. The van der Waals surface area contributed by atoms with Gasteiger partial charge < -0.3 is 10.2 Å². The molecular weight excluding hydrogens is 377 g/mol. The minimum absolute atomic E-state index is 0.369. The lowest BCUT2D eigenvalue weighted by atomic mass is 10.1.